The standard InChI is InChI=1S/C26H20F5N7O4S2/c27-24(28)42-17-5-1-15(2-6-17)12-34-23(39)19-14-37(25-36-22-20(43-25)13-33-21(11-32)35-22)9-10-38(19)44(40,41)18-7-3-16(4-8-18)26(29,30)31/h1-8,13,19,24H,9-10,12,14H2,(H,34,39)/t19-/m1/s1. The van der Waals surface area contributed by atoms with Crippen molar-refractivity contribution in [2.24, 2.45) is 0 Å². The first-order chi connectivity index (χ1) is 20.8. The van der Waals surface area contributed by atoms with Gasteiger partial charge in [0.05, 0.1) is 21.4 Å². The van der Waals surface area contributed by atoms with Gasteiger partial charge in [0.25, 0.3) is 0 Å². The quantitative estimate of drug-likeness (QED) is 0.281. The van der Waals surface area contributed by atoms with Gasteiger partial charge in [0, 0.05) is 26.2 Å². The average molecular weight is 654 g/mol. The molecule has 1 amide bonds. The number of nitrogens with one attached hydrogen (secondary N) is 1. The Labute approximate surface area is 250 Å². The van der Waals surface area contributed by atoms with Crippen molar-refractivity contribution in [3.8, 4) is 11.8 Å². The van der Waals surface area contributed by atoms with Crippen LogP contribution in [0.1, 0.15) is 17.0 Å². The zero-order valence-corrected chi connectivity index (χ0v) is 23.8. The fourth-order valence-corrected chi connectivity index (χ4v) is 6.89. The van der Waals surface area contributed by atoms with E-state index in [1.807, 2.05) is 6.07 Å². The van der Waals surface area contributed by atoms with E-state index in [-0.39, 0.29) is 43.4 Å². The average Bonchev–Trinajstić information content (AvgIpc) is 3.43. The SMILES string of the molecule is N#Cc1ncc2sc(N3CCN(S(=O)(=O)c4ccc(C(F)(F)F)cc4)[C@@H](C(=O)NCc4ccc(OC(F)F)cc4)C3)nc2n1. The number of anilines is 1. The second-order valence-corrected chi connectivity index (χ2v) is 12.2. The van der Waals surface area contributed by atoms with Gasteiger partial charge < -0.3 is 15.0 Å². The van der Waals surface area contributed by atoms with Gasteiger partial charge in [0.15, 0.2) is 10.8 Å². The van der Waals surface area contributed by atoms with E-state index < -0.39 is 45.2 Å². The minimum atomic E-state index is -4.67. The summed E-state index contributed by atoms with van der Waals surface area (Å²) in [7, 11) is -4.44. The van der Waals surface area contributed by atoms with E-state index in [0.717, 1.165) is 16.4 Å². The van der Waals surface area contributed by atoms with E-state index >= 15 is 0 Å². The highest BCUT2D eigenvalue weighted by Crippen LogP contribution is 2.33. The highest BCUT2D eigenvalue weighted by atomic mass is 32.2. The predicted octanol–water partition coefficient (Wildman–Crippen LogP) is 3.77. The lowest BCUT2D eigenvalue weighted by molar-refractivity contribution is -0.137. The van der Waals surface area contributed by atoms with Crippen molar-refractivity contribution in [1.82, 2.24) is 24.6 Å². The first-order valence-electron chi connectivity index (χ1n) is 12.6. The maximum Gasteiger partial charge on any atom is 0.416 e. The number of nitrogens with zero attached hydrogens (tertiary/aromatic N) is 6. The molecular formula is C26H20F5N7O4S2. The molecule has 0 radical (unpaired) electrons. The van der Waals surface area contributed by atoms with Crippen molar-refractivity contribution in [2.45, 2.75) is 30.3 Å². The van der Waals surface area contributed by atoms with Crippen molar-refractivity contribution in [3.05, 3.63) is 71.7 Å². The van der Waals surface area contributed by atoms with Gasteiger partial charge in [-0.3, -0.25) is 4.79 Å². The first kappa shape index (κ1) is 31.0. The molecule has 1 fully saturated rings. The van der Waals surface area contributed by atoms with Gasteiger partial charge in [0.2, 0.25) is 21.8 Å². The monoisotopic (exact) mass is 653 g/mol. The molecule has 4 aromatic rings. The van der Waals surface area contributed by atoms with Crippen LogP contribution in [0.5, 0.6) is 5.75 Å². The molecular weight excluding hydrogens is 633 g/mol. The molecule has 2 aromatic heterocycles. The molecule has 1 aliphatic rings. The lowest BCUT2D eigenvalue weighted by Gasteiger charge is -2.39. The molecule has 18 heteroatoms. The van der Waals surface area contributed by atoms with Crippen LogP contribution in [0.15, 0.2) is 59.6 Å². The number of carbonyl (C=O) groups is 1. The number of piperazine rings is 1. The number of nitriles is 1. The summed E-state index contributed by atoms with van der Waals surface area (Å²) in [4.78, 5) is 27.1. The van der Waals surface area contributed by atoms with Crippen LogP contribution < -0.4 is 15.0 Å². The molecule has 3 heterocycles. The minimum Gasteiger partial charge on any atom is -0.435 e. The first-order valence-corrected chi connectivity index (χ1v) is 14.9. The smallest absolute Gasteiger partial charge is 0.416 e. The number of fused-ring (bicyclic) bond motifs is 1. The maximum absolute atomic E-state index is 13.6. The number of rotatable bonds is 8. The van der Waals surface area contributed by atoms with E-state index in [4.69, 9.17) is 5.26 Å². The van der Waals surface area contributed by atoms with Crippen molar-refractivity contribution >= 4 is 42.7 Å². The predicted molar refractivity (Wildman–Crippen MR) is 146 cm³/mol. The van der Waals surface area contributed by atoms with E-state index in [0.29, 0.717) is 27.5 Å². The molecule has 0 aliphatic carbocycles. The van der Waals surface area contributed by atoms with Crippen molar-refractivity contribution in [1.29, 1.82) is 5.26 Å². The number of hydrogen-bond donors (Lipinski definition) is 1. The Balaban J connectivity index is 1.41. The van der Waals surface area contributed by atoms with Gasteiger partial charge in [-0.2, -0.15) is 41.5 Å². The summed E-state index contributed by atoms with van der Waals surface area (Å²) in [5.41, 5.74) is -0.279. The summed E-state index contributed by atoms with van der Waals surface area (Å²) >= 11 is 1.17. The zero-order chi connectivity index (χ0) is 31.6. The second kappa shape index (κ2) is 12.3. The molecule has 2 aromatic carbocycles. The fraction of sp³-hybridized carbons (Fsp3) is 0.269. The van der Waals surface area contributed by atoms with Crippen LogP contribution in [0.3, 0.4) is 0 Å². The zero-order valence-electron chi connectivity index (χ0n) is 22.2. The number of carbonyl (C=O) groups excluding carboxylic acids is 1. The van der Waals surface area contributed by atoms with Gasteiger partial charge in [0.1, 0.15) is 17.9 Å². The molecule has 0 unspecified atom stereocenters. The lowest BCUT2D eigenvalue weighted by atomic mass is 10.1. The van der Waals surface area contributed by atoms with Gasteiger partial charge >= 0.3 is 12.8 Å². The number of halogens is 5. The largest absolute Gasteiger partial charge is 0.435 e. The Morgan fingerprint density at radius 2 is 1.82 bits per heavy atom. The fourth-order valence-electron chi connectivity index (χ4n) is 4.40. The molecule has 1 atom stereocenters. The Morgan fingerprint density at radius 1 is 1.11 bits per heavy atom. The lowest BCUT2D eigenvalue weighted by Crippen LogP contribution is -2.60. The van der Waals surface area contributed by atoms with Crippen LogP contribution in [-0.2, 0) is 27.5 Å². The summed E-state index contributed by atoms with van der Waals surface area (Å²) in [5.74, 6) is -0.896. The van der Waals surface area contributed by atoms with E-state index in [1.165, 1.54) is 41.8 Å². The number of alkyl halides is 5. The summed E-state index contributed by atoms with van der Waals surface area (Å²) in [6.07, 6.45) is -3.25. The Hall–Kier alpha value is -4.47. The molecule has 0 saturated carbocycles. The highest BCUT2D eigenvalue weighted by Gasteiger charge is 2.41. The van der Waals surface area contributed by atoms with Crippen LogP contribution >= 0.6 is 11.3 Å². The van der Waals surface area contributed by atoms with E-state index in [9.17, 15) is 35.2 Å². The number of thiazole rings is 1. The van der Waals surface area contributed by atoms with Crippen LogP contribution in [0.2, 0.25) is 0 Å². The highest BCUT2D eigenvalue weighted by molar-refractivity contribution is 7.89. The van der Waals surface area contributed by atoms with Gasteiger partial charge in [-0.1, -0.05) is 23.5 Å². The van der Waals surface area contributed by atoms with E-state index in [1.54, 1.807) is 4.90 Å². The number of aromatic nitrogens is 3. The normalized spacial score (nSPS) is 16.2. The van der Waals surface area contributed by atoms with Gasteiger partial charge in [-0.25, -0.2) is 13.4 Å². The summed E-state index contributed by atoms with van der Waals surface area (Å²) in [5, 5.41) is 12.1. The summed E-state index contributed by atoms with van der Waals surface area (Å²) in [6, 6.07) is 8.90. The third kappa shape index (κ3) is 6.69. The van der Waals surface area contributed by atoms with Crippen LogP contribution in [0, 0.1) is 11.3 Å². The molecule has 1 N–H and O–H groups in total. The minimum absolute atomic E-state index is 0.0770. The third-order valence-electron chi connectivity index (χ3n) is 6.55. The van der Waals surface area contributed by atoms with Crippen molar-refractivity contribution in [2.75, 3.05) is 24.5 Å². The molecule has 5 rings (SSSR count). The molecule has 0 spiro atoms. The van der Waals surface area contributed by atoms with E-state index in [2.05, 4.69) is 25.0 Å². The molecule has 11 nitrogen and oxygen atoms in total. The molecule has 1 saturated heterocycles. The van der Waals surface area contributed by atoms with Crippen LogP contribution in [-0.4, -0.2) is 65.9 Å². The Bertz CT molecular complexity index is 1810. The number of benzene rings is 2. The second-order valence-electron chi connectivity index (χ2n) is 9.33. The topological polar surface area (TPSA) is 141 Å². The Kier molecular flexibility index (Phi) is 8.63. The molecule has 0 bridgehead atoms. The molecule has 44 heavy (non-hydrogen) atoms. The number of ether oxygens (including phenoxy) is 1. The van der Waals surface area contributed by atoms with Gasteiger partial charge in [-0.05, 0) is 42.0 Å². The summed E-state index contributed by atoms with van der Waals surface area (Å²) < 4.78 is 97.2. The van der Waals surface area contributed by atoms with Crippen LogP contribution in [0.4, 0.5) is 27.1 Å². The number of sulfonamides is 1. The van der Waals surface area contributed by atoms with Crippen molar-refractivity contribution < 1.29 is 39.9 Å². The van der Waals surface area contributed by atoms with Gasteiger partial charge in [-0.15, -0.1) is 0 Å². The third-order valence-corrected chi connectivity index (χ3v) is 9.51. The maximum atomic E-state index is 13.6. The van der Waals surface area contributed by atoms with Crippen LogP contribution in [0.25, 0.3) is 10.3 Å². The Morgan fingerprint density at radius 3 is 2.45 bits per heavy atom. The number of amides is 1. The summed E-state index contributed by atoms with van der Waals surface area (Å²) in [6.45, 7) is -3.42. The van der Waals surface area contributed by atoms with Crippen molar-refractivity contribution in [3.63, 3.8) is 0 Å². The molecule has 1 aliphatic heterocycles. The number of hydrogen-bond acceptors (Lipinski definition) is 10. The molecule has 230 valence electrons.